The van der Waals surface area contributed by atoms with Crippen molar-refractivity contribution < 1.29 is 80.2 Å². The average Bonchev–Trinajstić information content (AvgIpc) is 3.66. The summed E-state index contributed by atoms with van der Waals surface area (Å²) in [6.45, 7) is 14.0. The first kappa shape index (κ1) is 87.1. The Bertz CT molecular complexity index is 1770. The highest BCUT2D eigenvalue weighted by Crippen LogP contribution is 2.45. The van der Waals surface area contributed by atoms with E-state index >= 15 is 0 Å². The van der Waals surface area contributed by atoms with E-state index in [1.807, 2.05) is 0 Å². The van der Waals surface area contributed by atoms with Gasteiger partial charge in [0.05, 0.1) is 26.4 Å². The van der Waals surface area contributed by atoms with E-state index in [0.29, 0.717) is 37.5 Å². The number of hydrogen-bond donors (Lipinski definition) is 3. The molecule has 0 fully saturated rings. The lowest BCUT2D eigenvalue weighted by atomic mass is 9.99. The van der Waals surface area contributed by atoms with Crippen LogP contribution >= 0.6 is 15.6 Å². The lowest BCUT2D eigenvalue weighted by Crippen LogP contribution is -2.30. The molecule has 0 heterocycles. The predicted octanol–water partition coefficient (Wildman–Crippen LogP) is 19.7. The van der Waals surface area contributed by atoms with Crippen molar-refractivity contribution in [1.29, 1.82) is 0 Å². The lowest BCUT2D eigenvalue weighted by molar-refractivity contribution is -0.161. The van der Waals surface area contributed by atoms with Crippen molar-refractivity contribution in [3.8, 4) is 0 Å². The first-order chi connectivity index (χ1) is 42.6. The van der Waals surface area contributed by atoms with E-state index in [1.165, 1.54) is 141 Å². The zero-order valence-electron chi connectivity index (χ0n) is 58.1. The summed E-state index contributed by atoms with van der Waals surface area (Å²) < 4.78 is 68.2. The Morgan fingerprint density at radius 1 is 0.315 bits per heavy atom. The fourth-order valence-electron chi connectivity index (χ4n) is 10.5. The van der Waals surface area contributed by atoms with Gasteiger partial charge in [0.1, 0.15) is 19.3 Å². The molecule has 0 bridgehead atoms. The number of carbonyl (C=O) groups is 4. The Morgan fingerprint density at radius 3 is 0.798 bits per heavy atom. The first-order valence-corrected chi connectivity index (χ1v) is 39.2. The molecule has 0 aromatic heterocycles. The Morgan fingerprint density at radius 2 is 0.539 bits per heavy atom. The molecular weight excluding hydrogens is 1170 g/mol. The van der Waals surface area contributed by atoms with Crippen LogP contribution in [0.15, 0.2) is 0 Å². The van der Waals surface area contributed by atoms with Gasteiger partial charge in [-0.2, -0.15) is 0 Å². The number of esters is 4. The second-order valence-corrected chi connectivity index (χ2v) is 29.8. The summed E-state index contributed by atoms with van der Waals surface area (Å²) in [6.07, 6.45) is 41.9. The molecule has 4 unspecified atom stereocenters. The molecule has 89 heavy (non-hydrogen) atoms. The number of phosphoric ester groups is 2. The number of hydrogen-bond acceptors (Lipinski definition) is 15. The molecule has 528 valence electrons. The predicted molar refractivity (Wildman–Crippen MR) is 358 cm³/mol. The van der Waals surface area contributed by atoms with Crippen molar-refractivity contribution >= 4 is 39.5 Å². The Balaban J connectivity index is 5.23. The van der Waals surface area contributed by atoms with E-state index in [4.69, 9.17) is 37.0 Å². The van der Waals surface area contributed by atoms with Crippen LogP contribution in [-0.4, -0.2) is 96.7 Å². The summed E-state index contributed by atoms with van der Waals surface area (Å²) >= 11 is 0. The molecule has 0 rings (SSSR count). The minimum Gasteiger partial charge on any atom is -0.462 e. The Hall–Kier alpha value is -1.94. The van der Waals surface area contributed by atoms with E-state index in [-0.39, 0.29) is 25.7 Å². The summed E-state index contributed by atoms with van der Waals surface area (Å²) in [5.74, 6) is 0.834. The van der Waals surface area contributed by atoms with Crippen LogP contribution in [0.3, 0.4) is 0 Å². The Kier molecular flexibility index (Phi) is 58.5. The van der Waals surface area contributed by atoms with Gasteiger partial charge in [-0.3, -0.25) is 37.3 Å². The zero-order valence-corrected chi connectivity index (χ0v) is 59.8. The fourth-order valence-corrected chi connectivity index (χ4v) is 12.0. The maximum Gasteiger partial charge on any atom is 0.472 e. The third-order valence-corrected chi connectivity index (χ3v) is 18.3. The van der Waals surface area contributed by atoms with Crippen molar-refractivity contribution in [3.05, 3.63) is 0 Å². The second-order valence-electron chi connectivity index (χ2n) is 26.9. The molecular formula is C70H136O17P2. The molecule has 6 atom stereocenters. The second kappa shape index (κ2) is 59.8. The fraction of sp³-hybridized carbons (Fsp3) is 0.943. The van der Waals surface area contributed by atoms with Gasteiger partial charge in [0, 0.05) is 25.7 Å². The standard InChI is InChI=1S/C70H136O17P2/c1-9-63(8)49-41-33-24-18-15-16-20-26-36-44-52-69(74)86-65(56-80-67(72)50-42-34-25-19-14-12-10-11-13-17-22-30-38-46-60(2)3)58-84-88(76,77)82-54-64(71)55-83-89(78,79)85-59-66(87-70(75)53-45-37-29-28-32-40-48-62(6)7)57-81-68(73)51-43-35-27-21-23-31-39-47-61(4)5/h60-66,71H,9-59H2,1-8H3,(H,76,77)(H,78,79)/t63?,64?,65-,66-/m1/s1. The number of aliphatic hydroxyl groups is 1. The van der Waals surface area contributed by atoms with Gasteiger partial charge < -0.3 is 33.8 Å². The quantitative estimate of drug-likeness (QED) is 0.0222. The number of aliphatic hydroxyl groups excluding tert-OH is 1. The van der Waals surface area contributed by atoms with Crippen LogP contribution in [-0.2, 0) is 65.4 Å². The van der Waals surface area contributed by atoms with Gasteiger partial charge in [0.25, 0.3) is 0 Å². The van der Waals surface area contributed by atoms with Crippen LogP contribution in [0.4, 0.5) is 0 Å². The number of unbranched alkanes of at least 4 members (excludes halogenated alkanes) is 32. The van der Waals surface area contributed by atoms with Gasteiger partial charge in [-0.1, -0.05) is 293 Å². The molecule has 0 aliphatic rings. The smallest absolute Gasteiger partial charge is 0.462 e. The lowest BCUT2D eigenvalue weighted by Gasteiger charge is -2.21. The van der Waals surface area contributed by atoms with E-state index in [9.17, 15) is 43.2 Å². The van der Waals surface area contributed by atoms with Crippen LogP contribution in [0.1, 0.15) is 344 Å². The number of rotatable bonds is 67. The SMILES string of the molecule is CCC(C)CCCCCCCCCCCCC(=O)O[C@H](COC(=O)CCCCCCCCCCCCCCCC(C)C)COP(=O)(O)OCC(O)COP(=O)(O)OC[C@@H](COC(=O)CCCCCCCCCC(C)C)OC(=O)CCCCCCCCC(C)C. The van der Waals surface area contributed by atoms with Crippen LogP contribution in [0.2, 0.25) is 0 Å². The molecule has 0 saturated heterocycles. The molecule has 0 radical (unpaired) electrons. The van der Waals surface area contributed by atoms with Crippen molar-refractivity contribution in [2.75, 3.05) is 39.6 Å². The molecule has 0 aromatic rings. The molecule has 0 spiro atoms. The highest BCUT2D eigenvalue weighted by atomic mass is 31.2. The van der Waals surface area contributed by atoms with Gasteiger partial charge in [-0.15, -0.1) is 0 Å². The highest BCUT2D eigenvalue weighted by Gasteiger charge is 2.30. The van der Waals surface area contributed by atoms with Crippen molar-refractivity contribution in [3.63, 3.8) is 0 Å². The van der Waals surface area contributed by atoms with E-state index in [1.54, 1.807) is 0 Å². The summed E-state index contributed by atoms with van der Waals surface area (Å²) in [4.78, 5) is 72.5. The minimum absolute atomic E-state index is 0.101. The largest absolute Gasteiger partial charge is 0.472 e. The summed E-state index contributed by atoms with van der Waals surface area (Å²) in [7, 11) is -9.90. The summed E-state index contributed by atoms with van der Waals surface area (Å²) in [5.41, 5.74) is 0. The molecule has 19 heteroatoms. The first-order valence-electron chi connectivity index (χ1n) is 36.2. The number of phosphoric acid groups is 2. The van der Waals surface area contributed by atoms with E-state index < -0.39 is 97.5 Å². The maximum absolute atomic E-state index is 13.0. The number of carbonyl (C=O) groups excluding carboxylic acids is 4. The van der Waals surface area contributed by atoms with Crippen LogP contribution in [0, 0.1) is 23.7 Å². The van der Waals surface area contributed by atoms with Gasteiger partial charge in [0.2, 0.25) is 0 Å². The normalized spacial score (nSPS) is 14.6. The van der Waals surface area contributed by atoms with E-state index in [0.717, 1.165) is 108 Å². The molecule has 0 aromatic carbocycles. The average molecular weight is 1310 g/mol. The zero-order chi connectivity index (χ0) is 66.1. The van der Waals surface area contributed by atoms with Crippen molar-refractivity contribution in [2.45, 2.75) is 363 Å². The molecule has 0 amide bonds. The van der Waals surface area contributed by atoms with Crippen molar-refractivity contribution in [2.24, 2.45) is 23.7 Å². The monoisotopic (exact) mass is 1310 g/mol. The van der Waals surface area contributed by atoms with Crippen LogP contribution in [0.5, 0.6) is 0 Å². The third-order valence-electron chi connectivity index (χ3n) is 16.4. The molecule has 3 N–H and O–H groups in total. The summed E-state index contributed by atoms with van der Waals surface area (Å²) in [5, 5.41) is 10.6. The van der Waals surface area contributed by atoms with Crippen molar-refractivity contribution in [1.82, 2.24) is 0 Å². The molecule has 0 saturated carbocycles. The van der Waals surface area contributed by atoms with Crippen LogP contribution in [0.25, 0.3) is 0 Å². The molecule has 0 aliphatic carbocycles. The van der Waals surface area contributed by atoms with Crippen LogP contribution < -0.4 is 0 Å². The van der Waals surface area contributed by atoms with Gasteiger partial charge in [-0.05, 0) is 49.4 Å². The third kappa shape index (κ3) is 63.2. The summed E-state index contributed by atoms with van der Waals surface area (Å²) in [6, 6.07) is 0. The molecule has 0 aliphatic heterocycles. The topological polar surface area (TPSA) is 237 Å². The minimum atomic E-state index is -4.95. The maximum atomic E-state index is 13.0. The van der Waals surface area contributed by atoms with Gasteiger partial charge in [-0.25, -0.2) is 9.13 Å². The highest BCUT2D eigenvalue weighted by molar-refractivity contribution is 7.47. The van der Waals surface area contributed by atoms with Gasteiger partial charge >= 0.3 is 39.5 Å². The molecule has 17 nitrogen and oxygen atoms in total. The van der Waals surface area contributed by atoms with Gasteiger partial charge in [0.15, 0.2) is 12.2 Å². The Labute approximate surface area is 543 Å². The number of ether oxygens (including phenoxy) is 4. The van der Waals surface area contributed by atoms with E-state index in [2.05, 4.69) is 55.4 Å².